The minimum absolute atomic E-state index is 0.0349. The smallest absolute Gasteiger partial charge is 0.255 e. The number of carbonyl (C=O) groups excluding carboxylic acids is 1. The van der Waals surface area contributed by atoms with E-state index in [1.807, 2.05) is 6.26 Å². The Balaban J connectivity index is 2.24. The van der Waals surface area contributed by atoms with Crippen LogP contribution in [0.4, 0.5) is 0 Å². The Morgan fingerprint density at radius 1 is 1.41 bits per heavy atom. The molecule has 17 heavy (non-hydrogen) atoms. The van der Waals surface area contributed by atoms with E-state index in [-0.39, 0.29) is 16.8 Å². The Morgan fingerprint density at radius 2 is 2.12 bits per heavy atom. The summed E-state index contributed by atoms with van der Waals surface area (Å²) in [5.74, 6) is 0.416. The predicted molar refractivity (Wildman–Crippen MR) is 67.4 cm³/mol. The molecular formula is C12H14N2O2S. The van der Waals surface area contributed by atoms with Gasteiger partial charge >= 0.3 is 0 Å². The molecule has 1 aliphatic heterocycles. The molecule has 5 heteroatoms. The molecule has 0 bridgehead atoms. The first-order valence-electron chi connectivity index (χ1n) is 5.70. The lowest BCUT2D eigenvalue weighted by molar-refractivity contribution is 0.0813. The van der Waals surface area contributed by atoms with Crippen LogP contribution in [0.2, 0.25) is 0 Å². The highest BCUT2D eigenvalue weighted by molar-refractivity contribution is 7.98. The topological polar surface area (TPSA) is 53.2 Å². The third-order valence-corrected chi connectivity index (χ3v) is 4.47. The molecule has 1 N–H and O–H groups in total. The van der Waals surface area contributed by atoms with E-state index in [0.29, 0.717) is 11.5 Å². The van der Waals surface area contributed by atoms with Gasteiger partial charge in [0.2, 0.25) is 5.56 Å². The van der Waals surface area contributed by atoms with Crippen molar-refractivity contribution < 1.29 is 4.79 Å². The number of aromatic nitrogens is 1. The Bertz CT molecular complexity index is 548. The van der Waals surface area contributed by atoms with Gasteiger partial charge in [0, 0.05) is 24.4 Å². The van der Waals surface area contributed by atoms with Crippen molar-refractivity contribution in [3.8, 4) is 0 Å². The zero-order valence-corrected chi connectivity index (χ0v) is 10.6. The number of amides is 1. The van der Waals surface area contributed by atoms with E-state index < -0.39 is 0 Å². The maximum absolute atomic E-state index is 12.1. The molecule has 1 fully saturated rings. The van der Waals surface area contributed by atoms with Crippen LogP contribution in [0.1, 0.15) is 45.7 Å². The number of nitrogens with one attached hydrogen (secondary N) is 1. The Hall–Kier alpha value is -1.23. The zero-order chi connectivity index (χ0) is 12.2. The van der Waals surface area contributed by atoms with E-state index in [9.17, 15) is 9.59 Å². The Morgan fingerprint density at radius 3 is 2.71 bits per heavy atom. The second-order valence-corrected chi connectivity index (χ2v) is 5.57. The molecule has 1 atom stereocenters. The fourth-order valence-electron chi connectivity index (χ4n) is 2.49. The molecular weight excluding hydrogens is 236 g/mol. The maximum atomic E-state index is 12.1. The zero-order valence-electron chi connectivity index (χ0n) is 9.82. The highest BCUT2D eigenvalue weighted by Crippen LogP contribution is 2.47. The molecule has 90 valence electrons. The summed E-state index contributed by atoms with van der Waals surface area (Å²) in [5.41, 5.74) is 2.46. The lowest BCUT2D eigenvalue weighted by atomic mass is 10.1. The lowest BCUT2D eigenvalue weighted by Crippen LogP contribution is -2.21. The second kappa shape index (κ2) is 3.63. The summed E-state index contributed by atoms with van der Waals surface area (Å²) in [6.45, 7) is 0. The molecule has 3 rings (SSSR count). The van der Waals surface area contributed by atoms with Crippen LogP contribution in [0.3, 0.4) is 0 Å². The van der Waals surface area contributed by atoms with Crippen molar-refractivity contribution in [2.45, 2.75) is 24.1 Å². The van der Waals surface area contributed by atoms with Gasteiger partial charge < -0.3 is 9.88 Å². The van der Waals surface area contributed by atoms with Crippen molar-refractivity contribution in [2.24, 2.45) is 0 Å². The van der Waals surface area contributed by atoms with Gasteiger partial charge in [-0.25, -0.2) is 0 Å². The summed E-state index contributed by atoms with van der Waals surface area (Å²) in [7, 11) is 1.80. The molecule has 1 amide bonds. The van der Waals surface area contributed by atoms with Crippen LogP contribution in [0.25, 0.3) is 0 Å². The van der Waals surface area contributed by atoms with E-state index >= 15 is 0 Å². The van der Waals surface area contributed by atoms with Gasteiger partial charge in [-0.15, -0.1) is 11.8 Å². The van der Waals surface area contributed by atoms with Gasteiger partial charge in [0.1, 0.15) is 5.37 Å². The minimum atomic E-state index is -0.158. The van der Waals surface area contributed by atoms with E-state index in [2.05, 4.69) is 4.98 Å². The average molecular weight is 250 g/mol. The third-order valence-electron chi connectivity index (χ3n) is 3.47. The fraction of sp³-hybridized carbons (Fsp3) is 0.500. The van der Waals surface area contributed by atoms with E-state index in [1.165, 1.54) is 6.07 Å². The molecule has 0 aromatic carbocycles. The number of pyridine rings is 1. The van der Waals surface area contributed by atoms with Crippen molar-refractivity contribution in [1.29, 1.82) is 0 Å². The van der Waals surface area contributed by atoms with Gasteiger partial charge in [0.25, 0.3) is 5.91 Å². The van der Waals surface area contributed by atoms with Gasteiger partial charge in [-0.1, -0.05) is 0 Å². The number of nitrogens with zero attached hydrogens (tertiary/aromatic N) is 1. The Kier molecular flexibility index (Phi) is 2.33. The number of fused-ring (bicyclic) bond motifs is 1. The molecule has 1 saturated carbocycles. The first kappa shape index (κ1) is 10.9. The number of carbonyl (C=O) groups is 1. The predicted octanol–water partition coefficient (Wildman–Crippen LogP) is 1.70. The maximum Gasteiger partial charge on any atom is 0.255 e. The standard InChI is InChI=1S/C12H14N2O2S/c1-14-11(16)7-5-8(15)13-10(6-3-4-6)9(7)12(14)17-2/h5-6,12H,3-4H2,1-2H3,(H,13,15)/t12-/m1/s1. The van der Waals surface area contributed by atoms with Crippen LogP contribution in [0.5, 0.6) is 0 Å². The Labute approximate surface area is 103 Å². The number of rotatable bonds is 2. The van der Waals surface area contributed by atoms with Crippen LogP contribution < -0.4 is 5.56 Å². The molecule has 2 heterocycles. The molecule has 1 aromatic heterocycles. The molecule has 1 aliphatic carbocycles. The van der Waals surface area contributed by atoms with Gasteiger partial charge in [0.15, 0.2) is 0 Å². The quantitative estimate of drug-likeness (QED) is 0.869. The first-order valence-corrected chi connectivity index (χ1v) is 6.99. The summed E-state index contributed by atoms with van der Waals surface area (Å²) < 4.78 is 0. The van der Waals surface area contributed by atoms with Gasteiger partial charge in [-0.2, -0.15) is 0 Å². The molecule has 0 spiro atoms. The first-order chi connectivity index (χ1) is 8.13. The third kappa shape index (κ3) is 1.52. The van der Waals surface area contributed by atoms with Crippen molar-refractivity contribution in [2.75, 3.05) is 13.3 Å². The number of H-pyrrole nitrogens is 1. The summed E-state index contributed by atoms with van der Waals surface area (Å²) in [6, 6.07) is 1.44. The van der Waals surface area contributed by atoms with Crippen molar-refractivity contribution in [3.63, 3.8) is 0 Å². The van der Waals surface area contributed by atoms with Gasteiger partial charge in [0.05, 0.1) is 5.56 Å². The van der Waals surface area contributed by atoms with Crippen LogP contribution in [0, 0.1) is 0 Å². The summed E-state index contributed by atoms with van der Waals surface area (Å²) >= 11 is 1.64. The van der Waals surface area contributed by atoms with Crippen LogP contribution in [-0.4, -0.2) is 29.1 Å². The van der Waals surface area contributed by atoms with Crippen LogP contribution in [0.15, 0.2) is 10.9 Å². The SMILES string of the molecule is CS[C@@H]1c2c(cc(=O)[nH]c2C2CC2)C(=O)N1C. The fourth-order valence-corrected chi connectivity index (χ4v) is 3.39. The van der Waals surface area contributed by atoms with E-state index in [4.69, 9.17) is 0 Å². The molecule has 4 nitrogen and oxygen atoms in total. The van der Waals surface area contributed by atoms with Gasteiger partial charge in [-0.05, 0) is 25.0 Å². The largest absolute Gasteiger partial charge is 0.326 e. The highest BCUT2D eigenvalue weighted by atomic mass is 32.2. The number of hydrogen-bond acceptors (Lipinski definition) is 3. The van der Waals surface area contributed by atoms with Crippen LogP contribution in [-0.2, 0) is 0 Å². The molecule has 2 aliphatic rings. The summed E-state index contributed by atoms with van der Waals surface area (Å²) in [5, 5.41) is 0.0462. The highest BCUT2D eigenvalue weighted by Gasteiger charge is 2.40. The summed E-state index contributed by atoms with van der Waals surface area (Å²) in [4.78, 5) is 28.3. The van der Waals surface area contributed by atoms with E-state index in [1.54, 1.807) is 23.7 Å². The van der Waals surface area contributed by atoms with Gasteiger partial charge in [-0.3, -0.25) is 9.59 Å². The average Bonchev–Trinajstić information content (AvgIpc) is 3.10. The second-order valence-electron chi connectivity index (χ2n) is 4.65. The van der Waals surface area contributed by atoms with E-state index in [0.717, 1.165) is 24.1 Å². The number of thioether (sulfide) groups is 1. The van der Waals surface area contributed by atoms with Crippen molar-refractivity contribution in [3.05, 3.63) is 33.2 Å². The lowest BCUT2D eigenvalue weighted by Gasteiger charge is -2.19. The monoisotopic (exact) mass is 250 g/mol. The normalized spacial score (nSPS) is 23.1. The molecule has 0 saturated heterocycles. The molecule has 1 aromatic rings. The molecule has 0 radical (unpaired) electrons. The number of aromatic amines is 1. The summed E-state index contributed by atoms with van der Waals surface area (Å²) in [6.07, 6.45) is 4.22. The minimum Gasteiger partial charge on any atom is -0.326 e. The number of hydrogen-bond donors (Lipinski definition) is 1. The van der Waals surface area contributed by atoms with Crippen molar-refractivity contribution in [1.82, 2.24) is 9.88 Å². The van der Waals surface area contributed by atoms with Crippen molar-refractivity contribution >= 4 is 17.7 Å². The molecule has 0 unspecified atom stereocenters. The van der Waals surface area contributed by atoms with Crippen LogP contribution >= 0.6 is 11.8 Å².